The zero-order valence-electron chi connectivity index (χ0n) is 9.79. The molecule has 0 aliphatic carbocycles. The molecule has 0 saturated heterocycles. The number of hydrogen-bond acceptors (Lipinski definition) is 1. The highest BCUT2D eigenvalue weighted by molar-refractivity contribution is 5.92. The predicted molar refractivity (Wildman–Crippen MR) is 65.1 cm³/mol. The van der Waals surface area contributed by atoms with Gasteiger partial charge in [0.1, 0.15) is 17.5 Å². The van der Waals surface area contributed by atoms with Crippen molar-refractivity contribution in [2.45, 2.75) is 6.42 Å². The van der Waals surface area contributed by atoms with Crippen LogP contribution in [0.5, 0.6) is 0 Å². The van der Waals surface area contributed by atoms with Crippen molar-refractivity contribution in [3.8, 4) is 0 Å². The summed E-state index contributed by atoms with van der Waals surface area (Å²) < 4.78 is 38.9. The first-order chi connectivity index (χ1) is 9.04. The van der Waals surface area contributed by atoms with Crippen molar-refractivity contribution >= 4 is 11.6 Å². The van der Waals surface area contributed by atoms with E-state index in [4.69, 9.17) is 0 Å². The molecule has 0 spiro atoms. The van der Waals surface area contributed by atoms with Crippen LogP contribution in [0.4, 0.5) is 18.9 Å². The van der Waals surface area contributed by atoms with Crippen molar-refractivity contribution in [3.63, 3.8) is 0 Å². The van der Waals surface area contributed by atoms with Gasteiger partial charge in [0.25, 0.3) is 0 Å². The minimum absolute atomic E-state index is 0.0887. The number of halogens is 3. The molecule has 0 heterocycles. The van der Waals surface area contributed by atoms with E-state index in [2.05, 4.69) is 5.32 Å². The number of anilines is 1. The van der Waals surface area contributed by atoms with Gasteiger partial charge in [0.05, 0.1) is 12.1 Å². The fraction of sp³-hybridized carbons (Fsp3) is 0.0714. The number of nitrogens with one attached hydrogen (secondary N) is 1. The van der Waals surface area contributed by atoms with Crippen LogP contribution in [0.15, 0.2) is 42.5 Å². The minimum Gasteiger partial charge on any atom is -0.323 e. The lowest BCUT2D eigenvalue weighted by Crippen LogP contribution is -2.15. The molecule has 0 aliphatic rings. The molecule has 0 aromatic heterocycles. The Bertz CT molecular complexity index is 613. The molecule has 2 rings (SSSR count). The van der Waals surface area contributed by atoms with E-state index in [-0.39, 0.29) is 12.1 Å². The summed E-state index contributed by atoms with van der Waals surface area (Å²) in [5, 5.41) is 2.30. The first-order valence-corrected chi connectivity index (χ1v) is 5.54. The molecule has 0 bridgehead atoms. The SMILES string of the molecule is O=C(Cc1cccc(F)c1)Nc1ccc(F)cc1F. The molecule has 0 unspecified atom stereocenters. The highest BCUT2D eigenvalue weighted by Gasteiger charge is 2.09. The van der Waals surface area contributed by atoms with Crippen LogP contribution in [0.2, 0.25) is 0 Å². The third kappa shape index (κ3) is 3.58. The quantitative estimate of drug-likeness (QED) is 0.906. The van der Waals surface area contributed by atoms with Crippen molar-refractivity contribution in [2.75, 3.05) is 5.32 Å². The lowest BCUT2D eigenvalue weighted by molar-refractivity contribution is -0.115. The van der Waals surface area contributed by atoms with Gasteiger partial charge in [-0.3, -0.25) is 4.79 Å². The van der Waals surface area contributed by atoms with Crippen LogP contribution in [-0.2, 0) is 11.2 Å². The van der Waals surface area contributed by atoms with Crippen molar-refractivity contribution < 1.29 is 18.0 Å². The highest BCUT2D eigenvalue weighted by atomic mass is 19.1. The Morgan fingerprint density at radius 3 is 2.42 bits per heavy atom. The van der Waals surface area contributed by atoms with E-state index in [0.29, 0.717) is 11.6 Å². The summed E-state index contributed by atoms with van der Waals surface area (Å²) in [6, 6.07) is 8.41. The summed E-state index contributed by atoms with van der Waals surface area (Å²) in [7, 11) is 0. The molecule has 2 nitrogen and oxygen atoms in total. The number of amides is 1. The van der Waals surface area contributed by atoms with Crippen LogP contribution in [0, 0.1) is 17.5 Å². The number of rotatable bonds is 3. The standard InChI is InChI=1S/C14H10F3NO/c15-10-3-1-2-9(6-10)7-14(19)18-13-5-4-11(16)8-12(13)17/h1-6,8H,7H2,(H,18,19). The summed E-state index contributed by atoms with van der Waals surface area (Å²) in [5.41, 5.74) is 0.364. The summed E-state index contributed by atoms with van der Waals surface area (Å²) in [6.07, 6.45) is -0.0887. The van der Waals surface area contributed by atoms with Gasteiger partial charge in [-0.2, -0.15) is 0 Å². The molecule has 1 N–H and O–H groups in total. The molecule has 1 amide bonds. The van der Waals surface area contributed by atoms with Gasteiger partial charge in [-0.1, -0.05) is 12.1 Å². The molecule has 0 saturated carbocycles. The van der Waals surface area contributed by atoms with E-state index in [0.717, 1.165) is 12.1 Å². The fourth-order valence-corrected chi connectivity index (χ4v) is 1.62. The summed E-state index contributed by atoms with van der Waals surface area (Å²) >= 11 is 0. The molecule has 5 heteroatoms. The summed E-state index contributed by atoms with van der Waals surface area (Å²) in [5.74, 6) is -2.53. The smallest absolute Gasteiger partial charge is 0.228 e. The average molecular weight is 265 g/mol. The monoisotopic (exact) mass is 265 g/mol. The van der Waals surface area contributed by atoms with Crippen molar-refractivity contribution in [1.29, 1.82) is 0 Å². The van der Waals surface area contributed by atoms with E-state index >= 15 is 0 Å². The topological polar surface area (TPSA) is 29.1 Å². The molecule has 0 radical (unpaired) electrons. The third-order valence-corrected chi connectivity index (χ3v) is 2.46. The first kappa shape index (κ1) is 13.1. The molecule has 0 atom stereocenters. The van der Waals surface area contributed by atoms with Crippen molar-refractivity contribution in [3.05, 3.63) is 65.5 Å². The van der Waals surface area contributed by atoms with Gasteiger partial charge in [0, 0.05) is 6.07 Å². The normalized spacial score (nSPS) is 10.3. The van der Waals surface area contributed by atoms with Crippen LogP contribution in [0.1, 0.15) is 5.56 Å². The Kier molecular flexibility index (Phi) is 3.85. The predicted octanol–water partition coefficient (Wildman–Crippen LogP) is 3.29. The van der Waals surface area contributed by atoms with E-state index in [1.165, 1.54) is 18.2 Å². The molecule has 98 valence electrons. The van der Waals surface area contributed by atoms with Gasteiger partial charge in [-0.05, 0) is 29.8 Å². The highest BCUT2D eigenvalue weighted by Crippen LogP contribution is 2.15. The van der Waals surface area contributed by atoms with Crippen LogP contribution < -0.4 is 5.32 Å². The van der Waals surface area contributed by atoms with E-state index in [1.54, 1.807) is 6.07 Å². The molecule has 0 aliphatic heterocycles. The molecule has 0 fully saturated rings. The molecular formula is C14H10F3NO. The van der Waals surface area contributed by atoms with Gasteiger partial charge in [0.2, 0.25) is 5.91 Å². The Balaban J connectivity index is 2.05. The minimum atomic E-state index is -0.854. The molecule has 2 aromatic carbocycles. The van der Waals surface area contributed by atoms with Crippen LogP contribution in [0.25, 0.3) is 0 Å². The fourth-order valence-electron chi connectivity index (χ4n) is 1.62. The Labute approximate surface area is 107 Å². The van der Waals surface area contributed by atoms with E-state index in [1.807, 2.05) is 0 Å². The van der Waals surface area contributed by atoms with E-state index < -0.39 is 23.4 Å². The Morgan fingerprint density at radius 2 is 1.74 bits per heavy atom. The third-order valence-electron chi connectivity index (χ3n) is 2.46. The van der Waals surface area contributed by atoms with Crippen LogP contribution >= 0.6 is 0 Å². The maximum atomic E-state index is 13.3. The molecule has 19 heavy (non-hydrogen) atoms. The average Bonchev–Trinajstić information content (AvgIpc) is 2.33. The number of hydrogen-bond donors (Lipinski definition) is 1. The second-order valence-electron chi connectivity index (χ2n) is 3.98. The van der Waals surface area contributed by atoms with Crippen molar-refractivity contribution in [2.24, 2.45) is 0 Å². The molecule has 2 aromatic rings. The van der Waals surface area contributed by atoms with Gasteiger partial charge < -0.3 is 5.32 Å². The van der Waals surface area contributed by atoms with Crippen molar-refractivity contribution in [1.82, 2.24) is 0 Å². The second kappa shape index (κ2) is 5.56. The summed E-state index contributed by atoms with van der Waals surface area (Å²) in [6.45, 7) is 0. The first-order valence-electron chi connectivity index (χ1n) is 5.54. The maximum Gasteiger partial charge on any atom is 0.228 e. The lowest BCUT2D eigenvalue weighted by atomic mass is 10.1. The van der Waals surface area contributed by atoms with Gasteiger partial charge >= 0.3 is 0 Å². The Hall–Kier alpha value is -2.30. The number of carbonyl (C=O) groups excluding carboxylic acids is 1. The van der Waals surface area contributed by atoms with E-state index in [9.17, 15) is 18.0 Å². The maximum absolute atomic E-state index is 13.3. The van der Waals surface area contributed by atoms with Crippen LogP contribution in [0.3, 0.4) is 0 Å². The lowest BCUT2D eigenvalue weighted by Gasteiger charge is -2.06. The number of carbonyl (C=O) groups is 1. The largest absolute Gasteiger partial charge is 0.323 e. The van der Waals surface area contributed by atoms with Gasteiger partial charge in [-0.15, -0.1) is 0 Å². The zero-order valence-corrected chi connectivity index (χ0v) is 9.79. The van der Waals surface area contributed by atoms with Gasteiger partial charge in [-0.25, -0.2) is 13.2 Å². The Morgan fingerprint density at radius 1 is 1.00 bits per heavy atom. The summed E-state index contributed by atoms with van der Waals surface area (Å²) in [4.78, 5) is 11.6. The number of benzene rings is 2. The van der Waals surface area contributed by atoms with Crippen LogP contribution in [-0.4, -0.2) is 5.91 Å². The van der Waals surface area contributed by atoms with Gasteiger partial charge in [0.15, 0.2) is 0 Å². The second-order valence-corrected chi connectivity index (χ2v) is 3.98. The zero-order chi connectivity index (χ0) is 13.8. The molecular weight excluding hydrogens is 255 g/mol.